The maximum atomic E-state index is 12.4. The second kappa shape index (κ2) is 3.92. The molecule has 8 heteroatoms. The number of alkyl halides is 5. The SMILES string of the molecule is N#Cc1ncc(C(F)(F)F)c(C(F)F)c1N. The van der Waals surface area contributed by atoms with Crippen molar-refractivity contribution in [2.45, 2.75) is 12.6 Å². The first-order valence-corrected chi connectivity index (χ1v) is 3.82. The highest BCUT2D eigenvalue weighted by molar-refractivity contribution is 5.59. The van der Waals surface area contributed by atoms with E-state index in [2.05, 4.69) is 4.98 Å². The lowest BCUT2D eigenvalue weighted by Crippen LogP contribution is -2.14. The fourth-order valence-electron chi connectivity index (χ4n) is 1.09. The summed E-state index contributed by atoms with van der Waals surface area (Å²) >= 11 is 0. The van der Waals surface area contributed by atoms with Gasteiger partial charge in [-0.3, -0.25) is 0 Å². The highest BCUT2D eigenvalue weighted by Gasteiger charge is 2.38. The van der Waals surface area contributed by atoms with Gasteiger partial charge in [0.1, 0.15) is 6.07 Å². The van der Waals surface area contributed by atoms with Crippen LogP contribution in [0.3, 0.4) is 0 Å². The topological polar surface area (TPSA) is 62.7 Å². The van der Waals surface area contributed by atoms with E-state index in [4.69, 9.17) is 11.0 Å². The summed E-state index contributed by atoms with van der Waals surface area (Å²) in [4.78, 5) is 3.07. The predicted octanol–water partition coefficient (Wildman–Crippen LogP) is 2.49. The molecule has 0 saturated heterocycles. The molecule has 2 N–H and O–H groups in total. The Kier molecular flexibility index (Phi) is 2.98. The van der Waals surface area contributed by atoms with Crippen molar-refractivity contribution in [2.75, 3.05) is 5.73 Å². The van der Waals surface area contributed by atoms with Crippen LogP contribution in [0, 0.1) is 11.3 Å². The van der Waals surface area contributed by atoms with Gasteiger partial charge in [0.15, 0.2) is 5.69 Å². The number of halogens is 5. The third-order valence-electron chi connectivity index (χ3n) is 1.79. The molecule has 3 nitrogen and oxygen atoms in total. The van der Waals surface area contributed by atoms with Crippen molar-refractivity contribution in [2.24, 2.45) is 0 Å². The molecule has 1 heterocycles. The summed E-state index contributed by atoms with van der Waals surface area (Å²) in [6, 6.07) is 1.33. The number of aromatic nitrogens is 1. The highest BCUT2D eigenvalue weighted by atomic mass is 19.4. The lowest BCUT2D eigenvalue weighted by Gasteiger charge is -2.14. The summed E-state index contributed by atoms with van der Waals surface area (Å²) < 4.78 is 61.8. The number of nitrogen functional groups attached to an aromatic ring is 1. The van der Waals surface area contributed by atoms with Crippen LogP contribution in [-0.4, -0.2) is 4.98 Å². The zero-order valence-corrected chi connectivity index (χ0v) is 7.52. The van der Waals surface area contributed by atoms with Gasteiger partial charge in [-0.1, -0.05) is 0 Å². The lowest BCUT2D eigenvalue weighted by molar-refractivity contribution is -0.139. The first kappa shape index (κ1) is 12.2. The number of pyridine rings is 1. The number of hydrogen-bond acceptors (Lipinski definition) is 3. The van der Waals surface area contributed by atoms with Gasteiger partial charge in [-0.2, -0.15) is 18.4 Å². The molecule has 0 aliphatic rings. The predicted molar refractivity (Wildman–Crippen MR) is 43.3 cm³/mol. The first-order valence-electron chi connectivity index (χ1n) is 3.82. The van der Waals surface area contributed by atoms with Crippen LogP contribution in [0.5, 0.6) is 0 Å². The van der Waals surface area contributed by atoms with Gasteiger partial charge in [0.2, 0.25) is 0 Å². The fraction of sp³-hybridized carbons (Fsp3) is 0.250. The van der Waals surface area contributed by atoms with Crippen LogP contribution >= 0.6 is 0 Å². The largest absolute Gasteiger partial charge is 0.418 e. The van der Waals surface area contributed by atoms with E-state index in [-0.39, 0.29) is 6.20 Å². The summed E-state index contributed by atoms with van der Waals surface area (Å²) in [5.41, 5.74) is 0.410. The molecule has 1 aromatic heterocycles. The van der Waals surface area contributed by atoms with Gasteiger partial charge in [-0.05, 0) is 0 Å². The molecule has 0 radical (unpaired) electrons. The van der Waals surface area contributed by atoms with E-state index in [0.29, 0.717) is 0 Å². The monoisotopic (exact) mass is 237 g/mol. The Labute approximate surface area is 86.3 Å². The molecule has 86 valence electrons. The second-order valence-electron chi connectivity index (χ2n) is 2.76. The van der Waals surface area contributed by atoms with Gasteiger partial charge in [0, 0.05) is 6.20 Å². The van der Waals surface area contributed by atoms with E-state index in [1.807, 2.05) is 0 Å². The van der Waals surface area contributed by atoms with Gasteiger partial charge in [-0.25, -0.2) is 13.8 Å². The van der Waals surface area contributed by atoms with Crippen molar-refractivity contribution in [3.05, 3.63) is 23.0 Å². The number of hydrogen-bond donors (Lipinski definition) is 1. The third-order valence-corrected chi connectivity index (χ3v) is 1.79. The molecular weight excluding hydrogens is 233 g/mol. The molecule has 0 aliphatic carbocycles. The number of rotatable bonds is 1. The van der Waals surface area contributed by atoms with Gasteiger partial charge in [0.05, 0.1) is 16.8 Å². The van der Waals surface area contributed by atoms with E-state index in [0.717, 1.165) is 0 Å². The average Bonchev–Trinajstić information content (AvgIpc) is 2.15. The Morgan fingerprint density at radius 3 is 2.31 bits per heavy atom. The van der Waals surface area contributed by atoms with E-state index >= 15 is 0 Å². The van der Waals surface area contributed by atoms with E-state index in [1.165, 1.54) is 6.07 Å². The quantitative estimate of drug-likeness (QED) is 0.763. The minimum Gasteiger partial charge on any atom is -0.396 e. The molecule has 0 saturated carbocycles. The summed E-state index contributed by atoms with van der Waals surface area (Å²) in [6.07, 6.45) is -8.23. The molecule has 0 unspecified atom stereocenters. The molecule has 0 fully saturated rings. The zero-order chi connectivity index (χ0) is 12.5. The van der Waals surface area contributed by atoms with Crippen LogP contribution in [0.1, 0.15) is 23.2 Å². The van der Waals surface area contributed by atoms with Gasteiger partial charge < -0.3 is 5.73 Å². The van der Waals surface area contributed by atoms with Crippen LogP contribution in [0.25, 0.3) is 0 Å². The third kappa shape index (κ3) is 2.03. The van der Waals surface area contributed by atoms with Gasteiger partial charge in [-0.15, -0.1) is 0 Å². The maximum absolute atomic E-state index is 12.4. The van der Waals surface area contributed by atoms with Gasteiger partial charge in [0.25, 0.3) is 6.43 Å². The Bertz CT molecular complexity index is 446. The van der Waals surface area contributed by atoms with Crippen molar-refractivity contribution in [3.63, 3.8) is 0 Å². The number of nitrogens with two attached hydrogens (primary N) is 1. The van der Waals surface area contributed by atoms with Crippen LogP contribution in [-0.2, 0) is 6.18 Å². The number of nitrogens with zero attached hydrogens (tertiary/aromatic N) is 2. The van der Waals surface area contributed by atoms with Crippen molar-refractivity contribution in [3.8, 4) is 6.07 Å². The second-order valence-corrected chi connectivity index (χ2v) is 2.76. The Hall–Kier alpha value is -1.91. The average molecular weight is 237 g/mol. The van der Waals surface area contributed by atoms with Crippen molar-refractivity contribution < 1.29 is 22.0 Å². The number of nitriles is 1. The van der Waals surface area contributed by atoms with Crippen LogP contribution in [0.15, 0.2) is 6.20 Å². The molecule has 0 aliphatic heterocycles. The van der Waals surface area contributed by atoms with Crippen LogP contribution < -0.4 is 5.73 Å². The van der Waals surface area contributed by atoms with Crippen LogP contribution in [0.2, 0.25) is 0 Å². The first-order chi connectivity index (χ1) is 7.29. The van der Waals surface area contributed by atoms with Gasteiger partial charge >= 0.3 is 6.18 Å². The molecule has 16 heavy (non-hydrogen) atoms. The summed E-state index contributed by atoms with van der Waals surface area (Å²) in [5.74, 6) is 0. The summed E-state index contributed by atoms with van der Waals surface area (Å²) in [6.45, 7) is 0. The molecule has 0 atom stereocenters. The molecule has 1 rings (SSSR count). The standard InChI is InChI=1S/C8H4F5N3/c9-7(10)5-3(8(11,12)13)2-16-4(1-14)6(5)15/h2,7H,15H2. The smallest absolute Gasteiger partial charge is 0.396 e. The van der Waals surface area contributed by atoms with Crippen molar-refractivity contribution in [1.82, 2.24) is 4.98 Å². The molecule has 0 spiro atoms. The molecule has 0 aromatic carbocycles. The minimum atomic E-state index is -4.99. The van der Waals surface area contributed by atoms with Crippen LogP contribution in [0.4, 0.5) is 27.6 Å². The molecular formula is C8H4F5N3. The fourth-order valence-corrected chi connectivity index (χ4v) is 1.09. The number of anilines is 1. The van der Waals surface area contributed by atoms with Crippen molar-refractivity contribution >= 4 is 5.69 Å². The maximum Gasteiger partial charge on any atom is 0.418 e. The normalized spacial score (nSPS) is 11.6. The molecule has 0 bridgehead atoms. The zero-order valence-electron chi connectivity index (χ0n) is 7.52. The molecule has 1 aromatic rings. The van der Waals surface area contributed by atoms with E-state index in [9.17, 15) is 22.0 Å². The minimum absolute atomic E-state index is 0.177. The highest BCUT2D eigenvalue weighted by Crippen LogP contribution is 2.39. The Morgan fingerprint density at radius 2 is 1.94 bits per heavy atom. The molecule has 0 amide bonds. The Morgan fingerprint density at radius 1 is 1.38 bits per heavy atom. The van der Waals surface area contributed by atoms with Crippen molar-refractivity contribution in [1.29, 1.82) is 5.26 Å². The lowest BCUT2D eigenvalue weighted by atomic mass is 10.1. The summed E-state index contributed by atoms with van der Waals surface area (Å²) in [7, 11) is 0. The summed E-state index contributed by atoms with van der Waals surface area (Å²) in [5, 5.41) is 8.40. The van der Waals surface area contributed by atoms with E-state index in [1.54, 1.807) is 0 Å². The Balaban J connectivity index is 3.55. The van der Waals surface area contributed by atoms with E-state index < -0.39 is 35.1 Å².